The molecular formula is C30H46BrFK2O7. The van der Waals surface area contributed by atoms with Crippen LogP contribution in [0.5, 0.6) is 0 Å². The summed E-state index contributed by atoms with van der Waals surface area (Å²) in [6.07, 6.45) is 2.04. The van der Waals surface area contributed by atoms with E-state index >= 15 is 0 Å². The monoisotopic (exact) mass is 695 g/mol. The van der Waals surface area contributed by atoms with E-state index in [0.717, 1.165) is 45.1 Å². The summed E-state index contributed by atoms with van der Waals surface area (Å²) in [7, 11) is 1.74. The Morgan fingerprint density at radius 3 is 1.66 bits per heavy atom. The number of methoxy groups -OCH3 is 1. The van der Waals surface area contributed by atoms with Crippen LogP contribution in [0.3, 0.4) is 0 Å². The maximum Gasteiger partial charge on any atom is 1.00 e. The quantitative estimate of drug-likeness (QED) is 0.147. The van der Waals surface area contributed by atoms with Crippen LogP contribution in [-0.2, 0) is 23.9 Å². The van der Waals surface area contributed by atoms with Gasteiger partial charge in [0.2, 0.25) is 0 Å². The van der Waals surface area contributed by atoms with E-state index in [1.807, 2.05) is 12.1 Å². The number of hydrogen-bond donors (Lipinski definition) is 1. The minimum absolute atomic E-state index is 0. The average Bonchev–Trinajstić information content (AvgIpc) is 3.00. The molecule has 224 valence electrons. The Morgan fingerprint density at radius 1 is 0.951 bits per heavy atom. The van der Waals surface area contributed by atoms with E-state index in [-0.39, 0.29) is 126 Å². The zero-order valence-corrected chi connectivity index (χ0v) is 31.2. The van der Waals surface area contributed by atoms with E-state index in [1.165, 1.54) is 33.4 Å². The second-order valence-electron chi connectivity index (χ2n) is 7.26. The standard InChI is InChI=1S/C13H16O2.C12H13BrO.CH3F.CH2O3.CH4O.2CH4.2K.H/c1-14-9-12-7-8-15-10-13(12)11-5-3-2-4-6-11;13-8-11-6-7-14-9-12(11)10-4-2-1-3-5-10;1-2;2-1-4-3;1-2;;;;;/h2-6H,7-10H2,1H3;1-5H,6-9H2;1H3;1,3H;2H,1H3;2*1H4;;;/q;;;;;;;2*+1;-1/p-1/i;;1D;;;;;;;. The second-order valence-corrected chi connectivity index (χ2v) is 7.82. The maximum atomic E-state index is 9.96. The Morgan fingerprint density at radius 2 is 1.32 bits per heavy atom. The fourth-order valence-electron chi connectivity index (χ4n) is 3.58. The van der Waals surface area contributed by atoms with Crippen molar-refractivity contribution in [3.63, 3.8) is 0 Å². The third-order valence-electron chi connectivity index (χ3n) is 5.21. The van der Waals surface area contributed by atoms with Gasteiger partial charge in [0.25, 0.3) is 6.47 Å². The molecule has 0 spiro atoms. The Hall–Kier alpha value is 0.873. The zero-order valence-electron chi connectivity index (χ0n) is 25.4. The number of halogens is 2. The molecule has 0 unspecified atom stereocenters. The molecule has 0 aliphatic carbocycles. The van der Waals surface area contributed by atoms with Crippen molar-refractivity contribution in [1.29, 1.82) is 0 Å². The maximum absolute atomic E-state index is 9.96. The van der Waals surface area contributed by atoms with Crippen LogP contribution >= 0.6 is 15.9 Å². The number of hydrogen-bond acceptors (Lipinski definition) is 7. The minimum Gasteiger partial charge on any atom is -1.00 e. The Bertz CT molecular complexity index is 929. The van der Waals surface area contributed by atoms with E-state index in [0.29, 0.717) is 13.2 Å². The van der Waals surface area contributed by atoms with Crippen molar-refractivity contribution in [2.75, 3.05) is 59.7 Å². The van der Waals surface area contributed by atoms with Gasteiger partial charge in [0.1, 0.15) is 0 Å². The van der Waals surface area contributed by atoms with Gasteiger partial charge >= 0.3 is 103 Å². The molecule has 2 aliphatic rings. The Labute approximate surface area is 343 Å². The number of carbonyl (C=O) groups is 1. The third-order valence-corrected chi connectivity index (χ3v) is 5.88. The fourth-order valence-corrected chi connectivity index (χ4v) is 4.20. The minimum atomic E-state index is -1.00. The molecule has 2 heterocycles. The van der Waals surface area contributed by atoms with Gasteiger partial charge < -0.3 is 30.9 Å². The largest absolute Gasteiger partial charge is 1.00 e. The normalized spacial score (nSPS) is 13.2. The molecule has 0 fully saturated rings. The molecule has 0 saturated carbocycles. The van der Waals surface area contributed by atoms with E-state index < -0.39 is 7.15 Å². The van der Waals surface area contributed by atoms with Gasteiger partial charge in [-0.05, 0) is 40.7 Å². The molecule has 7 nitrogen and oxygen atoms in total. The number of benzene rings is 2. The van der Waals surface area contributed by atoms with Crippen LogP contribution in [0.25, 0.3) is 11.1 Å². The van der Waals surface area contributed by atoms with Crippen LogP contribution < -0.4 is 108 Å². The van der Waals surface area contributed by atoms with Crippen molar-refractivity contribution in [3.05, 3.63) is 82.9 Å². The molecule has 41 heavy (non-hydrogen) atoms. The van der Waals surface area contributed by atoms with Gasteiger partial charge in [0.15, 0.2) is 0 Å². The smallest absolute Gasteiger partial charge is 1.00 e. The van der Waals surface area contributed by atoms with Gasteiger partial charge in [0.05, 0.1) is 41.6 Å². The van der Waals surface area contributed by atoms with Crippen LogP contribution in [0.1, 0.15) is 41.6 Å². The molecule has 1 N–H and O–H groups in total. The van der Waals surface area contributed by atoms with Crippen molar-refractivity contribution < 1.29 is 144 Å². The number of ether oxygens (including phenoxy) is 3. The van der Waals surface area contributed by atoms with Crippen molar-refractivity contribution in [1.82, 2.24) is 0 Å². The summed E-state index contributed by atoms with van der Waals surface area (Å²) < 4.78 is 31.7. The van der Waals surface area contributed by atoms with Gasteiger partial charge in [-0.1, -0.05) is 97.0 Å². The van der Waals surface area contributed by atoms with Crippen LogP contribution in [0, 0.1) is 0 Å². The molecule has 11 heteroatoms. The Balaban J connectivity index is -0.000000115. The second kappa shape index (κ2) is 37.1. The van der Waals surface area contributed by atoms with Crippen LogP contribution in [-0.4, -0.2) is 71.3 Å². The average molecular weight is 697 g/mol. The topological polar surface area (TPSA) is 97.3 Å². The molecule has 0 aromatic heterocycles. The SMILES string of the molecule is BrCC1=C(c2ccccc2)COCC1.C.C.CO.COCC1=C(c2ccccc2)COCC1.O=CO[O-].[2H]CF.[H-].[K+].[K+]. The summed E-state index contributed by atoms with van der Waals surface area (Å²) in [6, 6.07) is 20.9. The van der Waals surface area contributed by atoms with Crippen LogP contribution in [0.15, 0.2) is 71.8 Å². The summed E-state index contributed by atoms with van der Waals surface area (Å²) >= 11 is 3.54. The van der Waals surface area contributed by atoms with Crippen molar-refractivity contribution in [2.45, 2.75) is 27.7 Å². The first-order valence-electron chi connectivity index (χ1n) is 12.1. The molecule has 4 rings (SSSR count). The summed E-state index contributed by atoms with van der Waals surface area (Å²) in [5, 5.41) is 16.4. The number of aliphatic hydroxyl groups is 1. The van der Waals surface area contributed by atoms with Gasteiger partial charge in [-0.2, -0.15) is 0 Å². The number of rotatable bonds is 6. The predicted molar refractivity (Wildman–Crippen MR) is 160 cm³/mol. The third kappa shape index (κ3) is 22.1. The zero-order chi connectivity index (χ0) is 28.4. The predicted octanol–water partition coefficient (Wildman–Crippen LogP) is -0.216. The van der Waals surface area contributed by atoms with Crippen LogP contribution in [0.2, 0.25) is 0 Å². The van der Waals surface area contributed by atoms with Gasteiger partial charge in [-0.25, -0.2) is 0 Å². The molecule has 0 saturated heterocycles. The molecule has 0 bridgehead atoms. The van der Waals surface area contributed by atoms with Crippen molar-refractivity contribution in [3.8, 4) is 0 Å². The van der Waals surface area contributed by atoms with Crippen LogP contribution in [0.4, 0.5) is 4.39 Å². The molecule has 0 atom stereocenters. The van der Waals surface area contributed by atoms with Crippen molar-refractivity contribution >= 4 is 33.5 Å². The molecule has 0 radical (unpaired) electrons. The van der Waals surface area contributed by atoms with Gasteiger partial charge in [-0.15, -0.1) is 0 Å². The summed E-state index contributed by atoms with van der Waals surface area (Å²) in [6.45, 7) is 3.67. The molecular weight excluding hydrogens is 649 g/mol. The van der Waals surface area contributed by atoms with Gasteiger partial charge in [-0.3, -0.25) is 9.18 Å². The molecule has 2 aliphatic heterocycles. The first-order chi connectivity index (χ1) is 18.7. The number of alkyl halides is 2. The fraction of sp³-hybridized carbons (Fsp3) is 0.433. The van der Waals surface area contributed by atoms with Gasteiger partial charge in [0, 0.05) is 19.5 Å². The Kier molecular flexibility index (Phi) is 44.1. The first kappa shape index (κ1) is 48.8. The first-order valence-corrected chi connectivity index (χ1v) is 12.5. The molecule has 0 amide bonds. The van der Waals surface area contributed by atoms with Crippen molar-refractivity contribution in [2.24, 2.45) is 0 Å². The number of carbonyl (C=O) groups excluding carboxylic acids is 1. The summed E-state index contributed by atoms with van der Waals surface area (Å²) in [4.78, 5) is 11.2. The molecule has 2 aromatic rings. The summed E-state index contributed by atoms with van der Waals surface area (Å²) in [5.41, 5.74) is 8.04. The number of aliphatic hydroxyl groups excluding tert-OH is 1. The van der Waals surface area contributed by atoms with E-state index in [4.69, 9.17) is 30.7 Å². The molecule has 2 aromatic carbocycles. The summed E-state index contributed by atoms with van der Waals surface area (Å²) in [5.74, 6) is 0. The van der Waals surface area contributed by atoms with E-state index in [9.17, 15) is 4.39 Å². The van der Waals surface area contributed by atoms with E-state index in [1.54, 1.807) is 7.11 Å². The van der Waals surface area contributed by atoms with E-state index in [2.05, 4.69) is 69.3 Å².